The number of H-pyrrole nitrogens is 1. The molecule has 166 valence electrons. The highest BCUT2D eigenvalue weighted by Gasteiger charge is 2.12. The molecule has 2 radical (unpaired) electrons. The van der Waals surface area contributed by atoms with Crippen LogP contribution < -0.4 is 14.9 Å². The van der Waals surface area contributed by atoms with Gasteiger partial charge in [0.05, 0.1) is 11.2 Å². The van der Waals surface area contributed by atoms with Crippen LogP contribution in [0.3, 0.4) is 0 Å². The summed E-state index contributed by atoms with van der Waals surface area (Å²) in [5, 5.41) is 0. The molecule has 3 heterocycles. The Labute approximate surface area is 197 Å². The summed E-state index contributed by atoms with van der Waals surface area (Å²) < 4.78 is 26.1. The topological polar surface area (TPSA) is 72.9 Å². The Hall–Kier alpha value is -4.20. The second-order valence-corrected chi connectivity index (χ2v) is 7.85. The highest BCUT2D eigenvalue weighted by molar-refractivity contribution is 6.32. The Bertz CT molecular complexity index is 1400. The van der Waals surface area contributed by atoms with Gasteiger partial charge in [-0.2, -0.15) is 0 Å². The Kier molecular flexibility index (Phi) is 5.95. The summed E-state index contributed by atoms with van der Waals surface area (Å²) in [5.41, 5.74) is 4.88. The summed E-state index contributed by atoms with van der Waals surface area (Å²) in [6, 6.07) is 17.6. The van der Waals surface area contributed by atoms with E-state index in [-0.39, 0.29) is 12.4 Å². The minimum Gasteiger partial charge on any atom is -0.489 e. The van der Waals surface area contributed by atoms with Crippen LogP contribution in [0, 0.1) is 12.7 Å². The lowest BCUT2D eigenvalue weighted by molar-refractivity contribution is 0.284. The van der Waals surface area contributed by atoms with Gasteiger partial charge in [-0.05, 0) is 42.8 Å². The molecule has 5 rings (SSSR count). The molecule has 34 heavy (non-hydrogen) atoms. The molecular weight excluding hydrogens is 430 g/mol. The number of aromatic nitrogens is 4. The zero-order valence-electron chi connectivity index (χ0n) is 18.5. The Morgan fingerprint density at radius 1 is 0.941 bits per heavy atom. The first-order valence-corrected chi connectivity index (χ1v) is 10.7. The number of pyridine rings is 2. The van der Waals surface area contributed by atoms with Crippen molar-refractivity contribution in [3.8, 4) is 22.9 Å². The van der Waals surface area contributed by atoms with Crippen molar-refractivity contribution in [2.24, 2.45) is 0 Å². The fourth-order valence-corrected chi connectivity index (χ4v) is 3.53. The molecule has 8 heteroatoms. The van der Waals surface area contributed by atoms with E-state index in [2.05, 4.69) is 19.9 Å². The van der Waals surface area contributed by atoms with Crippen LogP contribution in [0.1, 0.15) is 16.8 Å². The zero-order valence-corrected chi connectivity index (χ0v) is 18.5. The van der Waals surface area contributed by atoms with E-state index >= 15 is 0 Å². The van der Waals surface area contributed by atoms with E-state index < -0.39 is 0 Å². The highest BCUT2D eigenvalue weighted by Crippen LogP contribution is 2.30. The molecule has 0 saturated carbocycles. The molecule has 0 amide bonds. The maximum absolute atomic E-state index is 14.1. The molecule has 0 aliphatic carbocycles. The normalized spacial score (nSPS) is 11.0. The van der Waals surface area contributed by atoms with Gasteiger partial charge < -0.3 is 14.5 Å². The van der Waals surface area contributed by atoms with Gasteiger partial charge in [-0.3, -0.25) is 4.98 Å². The molecule has 0 saturated heterocycles. The SMILES string of the molecule is [B]c1cnc2nc(-c3cc(OCc4ccccc4F)cc(OCc4ncccc4C)c3)[nH]c2c1. The van der Waals surface area contributed by atoms with Gasteiger partial charge in [0.2, 0.25) is 0 Å². The van der Waals surface area contributed by atoms with Crippen molar-refractivity contribution in [2.45, 2.75) is 20.1 Å². The number of ether oxygens (including phenoxy) is 2. The van der Waals surface area contributed by atoms with Crippen LogP contribution in [0.15, 0.2) is 73.1 Å². The lowest BCUT2D eigenvalue weighted by Crippen LogP contribution is -2.02. The third kappa shape index (κ3) is 4.76. The summed E-state index contributed by atoms with van der Waals surface area (Å²) in [7, 11) is 5.85. The number of rotatable bonds is 7. The number of aryl methyl sites for hydroxylation is 1. The summed E-state index contributed by atoms with van der Waals surface area (Å²) in [4.78, 5) is 16.4. The van der Waals surface area contributed by atoms with Crippen LogP contribution in [0.4, 0.5) is 4.39 Å². The molecule has 0 atom stereocenters. The third-order valence-electron chi connectivity index (χ3n) is 5.36. The second-order valence-electron chi connectivity index (χ2n) is 7.85. The van der Waals surface area contributed by atoms with Crippen molar-refractivity contribution in [3.05, 3.63) is 95.7 Å². The molecule has 0 bridgehead atoms. The maximum Gasteiger partial charge on any atom is 0.178 e. The minimum absolute atomic E-state index is 0.0765. The van der Waals surface area contributed by atoms with Crippen molar-refractivity contribution in [2.75, 3.05) is 0 Å². The first-order chi connectivity index (χ1) is 16.5. The van der Waals surface area contributed by atoms with E-state index in [4.69, 9.17) is 17.3 Å². The van der Waals surface area contributed by atoms with Crippen molar-refractivity contribution in [1.82, 2.24) is 19.9 Å². The monoisotopic (exact) mass is 450 g/mol. The molecular formula is C26H20BFN4O2. The number of fused-ring (bicyclic) bond motifs is 1. The van der Waals surface area contributed by atoms with Crippen molar-refractivity contribution in [1.29, 1.82) is 0 Å². The van der Waals surface area contributed by atoms with E-state index in [1.807, 2.05) is 31.2 Å². The number of nitrogens with one attached hydrogen (secondary N) is 1. The lowest BCUT2D eigenvalue weighted by atomic mass is 9.99. The van der Waals surface area contributed by atoms with Crippen LogP contribution >= 0.6 is 0 Å². The molecule has 0 aliphatic rings. The molecule has 0 spiro atoms. The van der Waals surface area contributed by atoms with E-state index in [0.717, 1.165) is 22.3 Å². The number of hydrogen-bond donors (Lipinski definition) is 1. The molecule has 0 fully saturated rings. The predicted molar refractivity (Wildman–Crippen MR) is 129 cm³/mol. The molecule has 0 unspecified atom stereocenters. The molecule has 0 aliphatic heterocycles. The first-order valence-electron chi connectivity index (χ1n) is 10.7. The zero-order chi connectivity index (χ0) is 23.5. The summed E-state index contributed by atoms with van der Waals surface area (Å²) >= 11 is 0. The minimum atomic E-state index is -0.318. The quantitative estimate of drug-likeness (QED) is 0.372. The van der Waals surface area contributed by atoms with Gasteiger partial charge in [-0.15, -0.1) is 0 Å². The van der Waals surface area contributed by atoms with Gasteiger partial charge in [0.15, 0.2) is 5.65 Å². The van der Waals surface area contributed by atoms with Gasteiger partial charge >= 0.3 is 0 Å². The molecule has 5 aromatic rings. The van der Waals surface area contributed by atoms with E-state index in [1.54, 1.807) is 42.7 Å². The van der Waals surface area contributed by atoms with Gasteiger partial charge in [0.1, 0.15) is 44.2 Å². The molecule has 2 aromatic carbocycles. The largest absolute Gasteiger partial charge is 0.489 e. The van der Waals surface area contributed by atoms with Crippen molar-refractivity contribution < 1.29 is 13.9 Å². The third-order valence-corrected chi connectivity index (χ3v) is 5.36. The Morgan fingerprint density at radius 2 is 1.74 bits per heavy atom. The maximum atomic E-state index is 14.1. The standard InChI is InChI=1S/C26H20BFN4O2/c1-16-5-4-8-29-24(16)15-34-21-10-18(25-31-23-11-19(27)13-30-26(23)32-25)9-20(12-21)33-14-17-6-2-3-7-22(17)28/h2-13H,14-15H2,1H3,(H,30,31,32). The van der Waals surface area contributed by atoms with Crippen molar-refractivity contribution >= 4 is 24.5 Å². The van der Waals surface area contributed by atoms with Crippen LogP contribution in [-0.4, -0.2) is 27.8 Å². The van der Waals surface area contributed by atoms with E-state index in [1.165, 1.54) is 6.07 Å². The smallest absolute Gasteiger partial charge is 0.178 e. The van der Waals surface area contributed by atoms with Crippen molar-refractivity contribution in [3.63, 3.8) is 0 Å². The average Bonchev–Trinajstić information content (AvgIpc) is 3.26. The molecule has 3 aromatic heterocycles. The summed E-state index contributed by atoms with van der Waals surface area (Å²) in [6.07, 6.45) is 3.29. The highest BCUT2D eigenvalue weighted by atomic mass is 19.1. The van der Waals surface area contributed by atoms with Crippen LogP contribution in [0.5, 0.6) is 11.5 Å². The van der Waals surface area contributed by atoms with Gasteiger partial charge in [-0.25, -0.2) is 14.4 Å². The predicted octanol–water partition coefficient (Wildman–Crippen LogP) is 4.42. The van der Waals surface area contributed by atoms with Gasteiger partial charge in [0.25, 0.3) is 0 Å². The first kappa shape index (κ1) is 21.6. The van der Waals surface area contributed by atoms with Crippen LogP contribution in [0.25, 0.3) is 22.6 Å². The Balaban J connectivity index is 1.47. The number of hydrogen-bond acceptors (Lipinski definition) is 5. The fraction of sp³-hybridized carbons (Fsp3) is 0.115. The van der Waals surface area contributed by atoms with Crippen LogP contribution in [-0.2, 0) is 13.2 Å². The molecule has 1 N–H and O–H groups in total. The average molecular weight is 450 g/mol. The lowest BCUT2D eigenvalue weighted by Gasteiger charge is -2.13. The number of imidazole rings is 1. The fourth-order valence-electron chi connectivity index (χ4n) is 3.53. The summed E-state index contributed by atoms with van der Waals surface area (Å²) in [5.74, 6) is 1.35. The molecule has 6 nitrogen and oxygen atoms in total. The number of benzene rings is 2. The summed E-state index contributed by atoms with van der Waals surface area (Å²) in [6.45, 7) is 2.35. The number of halogens is 1. The van der Waals surface area contributed by atoms with Gasteiger partial charge in [-0.1, -0.05) is 29.7 Å². The van der Waals surface area contributed by atoms with Crippen LogP contribution in [0.2, 0.25) is 0 Å². The second kappa shape index (κ2) is 9.35. The number of aromatic amines is 1. The van der Waals surface area contributed by atoms with E-state index in [0.29, 0.717) is 40.6 Å². The Morgan fingerprint density at radius 3 is 2.53 bits per heavy atom. The number of nitrogens with zero attached hydrogens (tertiary/aromatic N) is 3. The van der Waals surface area contributed by atoms with E-state index in [9.17, 15) is 4.39 Å². The van der Waals surface area contributed by atoms with Gasteiger partial charge in [0, 0.05) is 29.6 Å².